The molecule has 334 valence electrons. The van der Waals surface area contributed by atoms with Crippen molar-refractivity contribution in [1.29, 1.82) is 0 Å². The van der Waals surface area contributed by atoms with E-state index in [0.29, 0.717) is 32.1 Å². The van der Waals surface area contributed by atoms with Crippen LogP contribution in [0.4, 0.5) is 0 Å². The summed E-state index contributed by atoms with van der Waals surface area (Å²) in [6.07, 6.45) is 13.8. The number of unbranched alkanes of at least 4 members (excludes halogenated alkanes) is 3. The highest BCUT2D eigenvalue weighted by molar-refractivity contribution is 7.60. The van der Waals surface area contributed by atoms with E-state index in [-0.39, 0.29) is 17.4 Å². The molecule has 0 bridgehead atoms. The van der Waals surface area contributed by atoms with Crippen LogP contribution in [-0.2, 0) is 45.4 Å². The van der Waals surface area contributed by atoms with Crippen molar-refractivity contribution in [3.8, 4) is 0 Å². The molecule has 0 fully saturated rings. The Bertz CT molecular complexity index is 1020. The minimum atomic E-state index is -2.42. The Kier molecular flexibility index (Phi) is 45.3. The maximum atomic E-state index is 12.4. The van der Waals surface area contributed by atoms with E-state index in [1.54, 1.807) is 13.3 Å². The molecule has 0 rings (SSSR count). The van der Waals surface area contributed by atoms with Gasteiger partial charge in [0.25, 0.3) is 0 Å². The summed E-state index contributed by atoms with van der Waals surface area (Å²) < 4.78 is 84.4. The summed E-state index contributed by atoms with van der Waals surface area (Å²) in [6, 6.07) is 0. The molecule has 0 saturated heterocycles. The van der Waals surface area contributed by atoms with Crippen LogP contribution in [0.15, 0.2) is 0 Å². The summed E-state index contributed by atoms with van der Waals surface area (Å²) in [4.78, 5) is 0. The van der Waals surface area contributed by atoms with Crippen molar-refractivity contribution >= 4 is 36.8 Å². The summed E-state index contributed by atoms with van der Waals surface area (Å²) in [6.45, 7) is 35.0. The molecule has 0 atom stereocenters. The summed E-state index contributed by atoms with van der Waals surface area (Å²) in [7, 11) is -9.82. The standard InChI is InChI=1S/C12H27O2P.2C9H21O2P.C6H15O2P.C3H9O2P/c1-4-7-10-14-15(13,11-8-5-2)12-9-6-3;1-7(2)11-12(10,8(3)4)9(5)6;1-4-7-11-12(10,8-5-2)9-6-3;1-4-8-9(7,5-2)6-3;1-5-6(2,3)4/h4-12H2,1-3H3;7-9H,1-6H3;4-9H2,1-3H3;4-6H2,1-3H3;1-3H3. The van der Waals surface area contributed by atoms with Crippen LogP contribution in [0.3, 0.4) is 0 Å². The van der Waals surface area contributed by atoms with Crippen LogP contribution in [0, 0.1) is 0 Å². The Labute approximate surface area is 337 Å². The van der Waals surface area contributed by atoms with Crippen LogP contribution in [0.1, 0.15) is 162 Å². The van der Waals surface area contributed by atoms with Gasteiger partial charge in [-0.2, -0.15) is 0 Å². The van der Waals surface area contributed by atoms with Gasteiger partial charge in [0, 0.05) is 68.7 Å². The van der Waals surface area contributed by atoms with E-state index in [0.717, 1.165) is 82.4 Å². The molecule has 0 aliphatic heterocycles. The highest BCUT2D eigenvalue weighted by Gasteiger charge is 2.32. The predicted octanol–water partition coefficient (Wildman–Crippen LogP) is 15.2. The summed E-state index contributed by atoms with van der Waals surface area (Å²) >= 11 is 0. The average Bonchev–Trinajstić information content (AvgIpc) is 3.10. The minimum Gasteiger partial charge on any atom is -0.332 e. The van der Waals surface area contributed by atoms with E-state index in [4.69, 9.17) is 18.1 Å². The van der Waals surface area contributed by atoms with Gasteiger partial charge in [-0.3, -0.25) is 22.8 Å². The maximum absolute atomic E-state index is 12.4. The highest BCUT2D eigenvalue weighted by Crippen LogP contribution is 2.56. The summed E-state index contributed by atoms with van der Waals surface area (Å²) in [5, 5.41) is 0. The fourth-order valence-corrected chi connectivity index (χ4v) is 12.9. The lowest BCUT2D eigenvalue weighted by atomic mass is 10.4. The number of hydrogen-bond acceptors (Lipinski definition) is 10. The van der Waals surface area contributed by atoms with Crippen LogP contribution in [0.25, 0.3) is 0 Å². The van der Waals surface area contributed by atoms with Crippen molar-refractivity contribution in [2.24, 2.45) is 0 Å². The van der Waals surface area contributed by atoms with Crippen LogP contribution < -0.4 is 0 Å². The zero-order chi connectivity index (χ0) is 43.5. The Balaban J connectivity index is -0.000000190. The molecule has 0 spiro atoms. The Hall–Kier alpha value is 0.950. The predicted molar refractivity (Wildman–Crippen MR) is 243 cm³/mol. The first-order chi connectivity index (χ1) is 24.9. The first-order valence-electron chi connectivity index (χ1n) is 21.0. The molecule has 0 N–H and O–H groups in total. The van der Waals surface area contributed by atoms with Gasteiger partial charge < -0.3 is 22.6 Å². The van der Waals surface area contributed by atoms with Gasteiger partial charge in [-0.15, -0.1) is 0 Å². The second kappa shape index (κ2) is 38.2. The van der Waals surface area contributed by atoms with Gasteiger partial charge in [0.1, 0.15) is 0 Å². The van der Waals surface area contributed by atoms with Crippen molar-refractivity contribution in [1.82, 2.24) is 0 Å². The van der Waals surface area contributed by atoms with E-state index in [2.05, 4.69) is 39.1 Å². The molecule has 0 aromatic carbocycles. The van der Waals surface area contributed by atoms with Gasteiger partial charge in [-0.25, -0.2) is 0 Å². The smallest absolute Gasteiger partial charge is 0.208 e. The van der Waals surface area contributed by atoms with Gasteiger partial charge >= 0.3 is 0 Å². The van der Waals surface area contributed by atoms with Gasteiger partial charge in [-0.1, -0.05) is 102 Å². The molecule has 0 heterocycles. The second-order valence-electron chi connectivity index (χ2n) is 14.5. The Morgan fingerprint density at radius 1 is 0.463 bits per heavy atom. The van der Waals surface area contributed by atoms with E-state index >= 15 is 0 Å². The lowest BCUT2D eigenvalue weighted by molar-refractivity contribution is 0.236. The zero-order valence-electron chi connectivity index (χ0n) is 38.8. The minimum absolute atomic E-state index is 0.0561. The second-order valence-corrected chi connectivity index (χ2v) is 29.7. The average molecular weight is 877 g/mol. The van der Waals surface area contributed by atoms with Crippen molar-refractivity contribution in [2.75, 3.05) is 77.2 Å². The normalized spacial score (nSPS) is 12.2. The SMILES string of the molecule is CC(C)OP(=O)(C(C)C)C(C)C.CCCCOP(=O)(CCCC)CCCC.CCCOP(=O)(CCC)CCC.CCOP(=O)(CC)CC.COP(C)(C)=O. The van der Waals surface area contributed by atoms with Gasteiger partial charge in [-0.05, 0) is 59.3 Å². The molecular weight excluding hydrogens is 783 g/mol. The summed E-state index contributed by atoms with van der Waals surface area (Å²) in [5.74, 6) is 0. The van der Waals surface area contributed by atoms with Crippen molar-refractivity contribution < 1.29 is 45.4 Å². The monoisotopic (exact) mass is 877 g/mol. The van der Waals surface area contributed by atoms with Crippen LogP contribution in [0.2, 0.25) is 0 Å². The molecule has 10 nitrogen and oxygen atoms in total. The quantitative estimate of drug-likeness (QED) is 0.0611. The lowest BCUT2D eigenvalue weighted by Crippen LogP contribution is -2.14. The Morgan fingerprint density at radius 3 is 1.06 bits per heavy atom. The molecule has 0 saturated carbocycles. The molecule has 0 unspecified atom stereocenters. The maximum Gasteiger partial charge on any atom is 0.208 e. The van der Waals surface area contributed by atoms with E-state index in [1.807, 2.05) is 69.2 Å². The fraction of sp³-hybridized carbons (Fsp3) is 1.00. The fourth-order valence-electron chi connectivity index (χ4n) is 4.40. The molecule has 0 amide bonds. The third kappa shape index (κ3) is 39.8. The molecule has 0 aromatic heterocycles. The largest absolute Gasteiger partial charge is 0.332 e. The topological polar surface area (TPSA) is 132 Å². The third-order valence-corrected chi connectivity index (χ3v) is 20.5. The molecule has 0 aromatic rings. The Morgan fingerprint density at radius 2 is 0.833 bits per heavy atom. The molecule has 15 heteroatoms. The van der Waals surface area contributed by atoms with E-state index < -0.39 is 36.8 Å². The lowest BCUT2D eigenvalue weighted by Gasteiger charge is -2.27. The third-order valence-electron chi connectivity index (χ3n) is 7.77. The van der Waals surface area contributed by atoms with Gasteiger partial charge in [0.2, 0.25) is 29.5 Å². The van der Waals surface area contributed by atoms with Crippen LogP contribution in [-0.4, -0.2) is 94.7 Å². The first-order valence-corrected chi connectivity index (χ1v) is 31.2. The van der Waals surface area contributed by atoms with E-state index in [1.165, 1.54) is 7.11 Å². The van der Waals surface area contributed by atoms with Gasteiger partial charge in [0.05, 0.1) is 25.9 Å². The molecular formula is C39H93O10P5. The van der Waals surface area contributed by atoms with Crippen LogP contribution >= 0.6 is 36.8 Å². The molecule has 0 radical (unpaired) electrons. The number of hydrogen-bond donors (Lipinski definition) is 0. The van der Waals surface area contributed by atoms with Gasteiger partial charge in [0.15, 0.2) is 7.37 Å². The van der Waals surface area contributed by atoms with Crippen LogP contribution in [0.5, 0.6) is 0 Å². The molecule has 0 aliphatic carbocycles. The highest BCUT2D eigenvalue weighted by atomic mass is 31.2. The summed E-state index contributed by atoms with van der Waals surface area (Å²) in [5.41, 5.74) is 0.250. The van der Waals surface area contributed by atoms with Crippen molar-refractivity contribution in [3.63, 3.8) is 0 Å². The van der Waals surface area contributed by atoms with Crippen molar-refractivity contribution in [2.45, 2.75) is 179 Å². The van der Waals surface area contributed by atoms with Crippen molar-refractivity contribution in [3.05, 3.63) is 0 Å². The first kappa shape index (κ1) is 64.1. The molecule has 54 heavy (non-hydrogen) atoms. The van der Waals surface area contributed by atoms with E-state index in [9.17, 15) is 22.8 Å². The number of rotatable bonds is 26. The molecule has 0 aliphatic rings. The zero-order valence-corrected chi connectivity index (χ0v) is 43.3.